The smallest absolute Gasteiger partial charge is 0.407 e. The third kappa shape index (κ3) is 8.82. The molecule has 43 heavy (non-hydrogen) atoms. The number of ether oxygens (including phenoxy) is 2. The van der Waals surface area contributed by atoms with Crippen LogP contribution in [0.5, 0.6) is 0 Å². The third-order valence-electron chi connectivity index (χ3n) is 6.74. The zero-order valence-corrected chi connectivity index (χ0v) is 25.9. The number of hydrogen-bond acceptors (Lipinski definition) is 8. The zero-order valence-electron chi connectivity index (χ0n) is 24.3. The molecule has 0 aromatic carbocycles. The molecule has 2 heterocycles. The Hall–Kier alpha value is -3.87. The third-order valence-corrected chi connectivity index (χ3v) is 7.68. The number of amides is 3. The fourth-order valence-electron chi connectivity index (χ4n) is 4.69. The van der Waals surface area contributed by atoms with E-state index in [1.807, 2.05) is 20.8 Å². The molecule has 3 amide bonds. The number of nitrogens with one attached hydrogen (secondary N) is 3. The van der Waals surface area contributed by atoms with Crippen LogP contribution in [0.25, 0.3) is 0 Å². The molecule has 2 aromatic rings. The fraction of sp³-hybridized carbons (Fsp3) is 0.400. The van der Waals surface area contributed by atoms with Gasteiger partial charge in [-0.2, -0.15) is 0 Å². The highest BCUT2D eigenvalue weighted by Gasteiger charge is 2.34. The summed E-state index contributed by atoms with van der Waals surface area (Å²) in [5, 5.41) is 8.72. The lowest BCUT2D eigenvalue weighted by Crippen LogP contribution is -2.43. The summed E-state index contributed by atoms with van der Waals surface area (Å²) in [4.78, 5) is 47.3. The van der Waals surface area contributed by atoms with Crippen LogP contribution in [0.2, 0.25) is 5.02 Å². The first-order chi connectivity index (χ1) is 20.4. The van der Waals surface area contributed by atoms with Crippen LogP contribution in [0.1, 0.15) is 63.9 Å². The Morgan fingerprint density at radius 1 is 1.00 bits per heavy atom. The molecule has 0 aliphatic heterocycles. The van der Waals surface area contributed by atoms with Gasteiger partial charge in [0.2, 0.25) is 0 Å². The molecule has 1 atom stereocenters. The molecule has 2 aromatic heterocycles. The summed E-state index contributed by atoms with van der Waals surface area (Å²) in [5.74, 6) is -0.845. The van der Waals surface area contributed by atoms with Gasteiger partial charge in [-0.1, -0.05) is 23.8 Å². The number of aromatic nitrogens is 2. The minimum atomic E-state index is -0.889. The Morgan fingerprint density at radius 3 is 2.40 bits per heavy atom. The first-order valence-corrected chi connectivity index (χ1v) is 14.9. The lowest BCUT2D eigenvalue weighted by molar-refractivity contribution is -0.114. The maximum atomic E-state index is 13.6. The van der Waals surface area contributed by atoms with E-state index in [-0.39, 0.29) is 46.2 Å². The fourth-order valence-corrected chi connectivity index (χ4v) is 5.27. The van der Waals surface area contributed by atoms with Crippen molar-refractivity contribution in [3.63, 3.8) is 0 Å². The SMILES string of the molecule is CC1=CC=C(C(=O)Nc2cccnc2C(=O)Nc2ccc(Cl)cn2)C(O[C@H]2CC[C@H](NC(=O)OC(C)(C)C)CC2)C1=S=O. The Morgan fingerprint density at radius 2 is 1.74 bits per heavy atom. The van der Waals surface area contributed by atoms with Crippen molar-refractivity contribution in [3.05, 3.63) is 70.7 Å². The molecule has 4 rings (SSSR count). The van der Waals surface area contributed by atoms with E-state index in [2.05, 4.69) is 25.9 Å². The Balaban J connectivity index is 1.44. The van der Waals surface area contributed by atoms with E-state index in [0.717, 1.165) is 0 Å². The molecule has 2 aliphatic rings. The second-order valence-electron chi connectivity index (χ2n) is 11.2. The van der Waals surface area contributed by atoms with Crippen LogP contribution < -0.4 is 16.0 Å². The van der Waals surface area contributed by atoms with Crippen LogP contribution in [0.3, 0.4) is 0 Å². The molecule has 0 bridgehead atoms. The summed E-state index contributed by atoms with van der Waals surface area (Å²) >= 11 is 6.16. The van der Waals surface area contributed by atoms with Gasteiger partial charge < -0.3 is 25.4 Å². The number of pyridine rings is 2. The van der Waals surface area contributed by atoms with Crippen LogP contribution in [-0.4, -0.2) is 60.8 Å². The van der Waals surface area contributed by atoms with Gasteiger partial charge in [-0.15, -0.1) is 0 Å². The highest BCUT2D eigenvalue weighted by Crippen LogP contribution is 2.28. The molecule has 0 radical (unpaired) electrons. The number of nitrogens with zero attached hydrogens (tertiary/aromatic N) is 2. The molecule has 3 N–H and O–H groups in total. The predicted octanol–water partition coefficient (Wildman–Crippen LogP) is 4.81. The van der Waals surface area contributed by atoms with Gasteiger partial charge in [0.05, 0.1) is 38.5 Å². The van der Waals surface area contributed by atoms with Gasteiger partial charge in [-0.05, 0) is 83.2 Å². The average Bonchev–Trinajstić information content (AvgIpc) is 2.94. The minimum absolute atomic E-state index is 0.0218. The van der Waals surface area contributed by atoms with E-state index >= 15 is 0 Å². The van der Waals surface area contributed by atoms with Crippen molar-refractivity contribution in [2.75, 3.05) is 10.6 Å². The van der Waals surface area contributed by atoms with Crippen molar-refractivity contribution >= 4 is 57.1 Å². The van der Waals surface area contributed by atoms with E-state index in [0.29, 0.717) is 41.1 Å². The molecule has 11 nitrogen and oxygen atoms in total. The van der Waals surface area contributed by atoms with E-state index < -0.39 is 29.6 Å². The van der Waals surface area contributed by atoms with Crippen LogP contribution in [-0.2, 0) is 25.5 Å². The number of anilines is 2. The number of halogens is 1. The zero-order chi connectivity index (χ0) is 31.1. The van der Waals surface area contributed by atoms with Crippen molar-refractivity contribution < 1.29 is 28.1 Å². The molecular formula is C30H34ClN5O6S. The molecule has 1 fully saturated rings. The average molecular weight is 628 g/mol. The largest absolute Gasteiger partial charge is 0.444 e. The Labute approximate surface area is 258 Å². The number of alkyl carbamates (subject to hydrolysis) is 1. The number of hydrogen-bond donors (Lipinski definition) is 3. The number of rotatable bonds is 7. The molecule has 1 unspecified atom stereocenters. The molecular weight excluding hydrogens is 594 g/mol. The summed E-state index contributed by atoms with van der Waals surface area (Å²) in [6.45, 7) is 7.22. The summed E-state index contributed by atoms with van der Waals surface area (Å²) in [6, 6.07) is 6.22. The van der Waals surface area contributed by atoms with Gasteiger partial charge >= 0.3 is 6.09 Å². The van der Waals surface area contributed by atoms with Crippen molar-refractivity contribution in [2.24, 2.45) is 0 Å². The molecule has 2 aliphatic carbocycles. The van der Waals surface area contributed by atoms with Gasteiger partial charge in [-0.3, -0.25) is 9.59 Å². The predicted molar refractivity (Wildman–Crippen MR) is 165 cm³/mol. The monoisotopic (exact) mass is 627 g/mol. The topological polar surface area (TPSA) is 149 Å². The first-order valence-electron chi connectivity index (χ1n) is 13.8. The molecule has 0 spiro atoms. The molecule has 0 saturated heterocycles. The van der Waals surface area contributed by atoms with E-state index in [9.17, 15) is 18.6 Å². The Kier molecular flexibility index (Phi) is 10.5. The summed E-state index contributed by atoms with van der Waals surface area (Å²) in [7, 11) is 0. The van der Waals surface area contributed by atoms with Crippen LogP contribution in [0.4, 0.5) is 16.3 Å². The van der Waals surface area contributed by atoms with Gasteiger partial charge in [0.15, 0.2) is 5.69 Å². The van der Waals surface area contributed by atoms with Crippen LogP contribution in [0, 0.1) is 0 Å². The van der Waals surface area contributed by atoms with E-state index in [1.165, 1.54) is 12.4 Å². The minimum Gasteiger partial charge on any atom is -0.444 e. The normalized spacial score (nSPS) is 20.3. The standard InChI is InChI=1S/C30H34ClN5O6S/c1-17-7-13-21(25(26(17)43-40)41-20-11-9-19(10-12-20)34-29(39)42-30(2,3)4)27(37)35-22-6-5-15-32-24(22)28(38)36-23-14-8-18(31)16-33-23/h5-8,13-16,19-20,25H,9-12H2,1-4H3,(H,34,39)(H,35,37)(H,33,36,38)/t19-,20-,25?. The maximum Gasteiger partial charge on any atom is 0.407 e. The quantitative estimate of drug-likeness (QED) is 0.370. The number of allylic oxidation sites excluding steroid dienone is 2. The lowest BCUT2D eigenvalue weighted by atomic mass is 9.91. The number of carbonyl (C=O) groups excluding carboxylic acids is 3. The van der Waals surface area contributed by atoms with Gasteiger partial charge in [0.25, 0.3) is 11.8 Å². The maximum absolute atomic E-state index is 13.6. The highest BCUT2D eigenvalue weighted by atomic mass is 35.5. The van der Waals surface area contributed by atoms with Crippen LogP contribution >= 0.6 is 11.6 Å². The molecule has 1 saturated carbocycles. The second kappa shape index (κ2) is 14.1. The van der Waals surface area contributed by atoms with Crippen molar-refractivity contribution in [1.82, 2.24) is 15.3 Å². The van der Waals surface area contributed by atoms with Crippen molar-refractivity contribution in [3.8, 4) is 0 Å². The van der Waals surface area contributed by atoms with Crippen molar-refractivity contribution in [2.45, 2.75) is 77.2 Å². The molecule has 228 valence electrons. The first kappa shape index (κ1) is 32.1. The van der Waals surface area contributed by atoms with Crippen LogP contribution in [0.15, 0.2) is 60.0 Å². The summed E-state index contributed by atoms with van der Waals surface area (Å²) < 4.78 is 23.9. The van der Waals surface area contributed by atoms with Gasteiger partial charge in [-0.25, -0.2) is 19.0 Å². The van der Waals surface area contributed by atoms with E-state index in [1.54, 1.807) is 43.3 Å². The Bertz CT molecular complexity index is 1490. The molecule has 13 heteroatoms. The summed E-state index contributed by atoms with van der Waals surface area (Å²) in [5.41, 5.74) is 0.504. The second-order valence-corrected chi connectivity index (χ2v) is 12.3. The van der Waals surface area contributed by atoms with Crippen molar-refractivity contribution in [1.29, 1.82) is 0 Å². The van der Waals surface area contributed by atoms with E-state index in [4.69, 9.17) is 21.1 Å². The van der Waals surface area contributed by atoms with Gasteiger partial charge in [0.1, 0.15) is 17.5 Å². The highest BCUT2D eigenvalue weighted by molar-refractivity contribution is 7.67. The lowest BCUT2D eigenvalue weighted by Gasteiger charge is -2.33. The van der Waals surface area contributed by atoms with Gasteiger partial charge in [0, 0.05) is 18.4 Å². The number of carbonyl (C=O) groups is 3. The summed E-state index contributed by atoms with van der Waals surface area (Å²) in [6.07, 6.45) is 7.13.